The number of rotatable bonds is 3. The first-order chi connectivity index (χ1) is 11.3. The molecule has 4 heteroatoms. The summed E-state index contributed by atoms with van der Waals surface area (Å²) in [7, 11) is 0. The van der Waals surface area contributed by atoms with Gasteiger partial charge in [0.05, 0.1) is 6.61 Å². The van der Waals surface area contributed by atoms with Gasteiger partial charge < -0.3 is 5.11 Å². The zero-order valence-corrected chi connectivity index (χ0v) is 15.1. The molecule has 2 aliphatic carbocycles. The Balaban J connectivity index is 1.96. The van der Waals surface area contributed by atoms with Gasteiger partial charge in [-0.2, -0.15) is 0 Å². The standard InChI is InChI=1S/C20H30O4/c1-13-6-7-17-19(2,3)8-5-9-20(17,4)18(13)15-10-14(11-21)16(12-22)24-23-15/h10-11,15-18,22H,1,5-9,12H2,2-4H3/t15-,16-,17+,18?,20+/m1/s1. The van der Waals surface area contributed by atoms with Crippen molar-refractivity contribution < 1.29 is 19.7 Å². The van der Waals surface area contributed by atoms with E-state index in [0.717, 1.165) is 19.1 Å². The summed E-state index contributed by atoms with van der Waals surface area (Å²) in [4.78, 5) is 22.3. The lowest BCUT2D eigenvalue weighted by atomic mass is 9.47. The van der Waals surface area contributed by atoms with Gasteiger partial charge in [0.2, 0.25) is 0 Å². The number of carbonyl (C=O) groups is 1. The van der Waals surface area contributed by atoms with Crippen LogP contribution in [0, 0.1) is 22.7 Å². The molecule has 0 aromatic rings. The van der Waals surface area contributed by atoms with Gasteiger partial charge in [-0.15, -0.1) is 0 Å². The highest BCUT2D eigenvalue weighted by atomic mass is 17.2. The summed E-state index contributed by atoms with van der Waals surface area (Å²) in [5.41, 5.74) is 2.08. The maximum Gasteiger partial charge on any atom is 0.148 e. The lowest BCUT2D eigenvalue weighted by Crippen LogP contribution is -2.53. The Hall–Kier alpha value is -0.970. The SMILES string of the molecule is C=C1CC[C@H]2C(C)(C)CCC[C@]2(C)C1[C@H]1C=C(C=O)[C@@H](CO)OO1. The molecule has 3 rings (SSSR count). The first-order valence-corrected chi connectivity index (χ1v) is 9.11. The number of carbonyl (C=O) groups excluding carboxylic acids is 1. The molecule has 134 valence electrons. The van der Waals surface area contributed by atoms with Crippen LogP contribution >= 0.6 is 0 Å². The van der Waals surface area contributed by atoms with Crippen LogP contribution in [0.4, 0.5) is 0 Å². The van der Waals surface area contributed by atoms with Gasteiger partial charge in [-0.25, -0.2) is 9.78 Å². The van der Waals surface area contributed by atoms with Gasteiger partial charge in [0, 0.05) is 11.5 Å². The monoisotopic (exact) mass is 334 g/mol. The van der Waals surface area contributed by atoms with Crippen LogP contribution in [0.15, 0.2) is 23.8 Å². The predicted molar refractivity (Wildman–Crippen MR) is 92.1 cm³/mol. The topological polar surface area (TPSA) is 55.8 Å². The summed E-state index contributed by atoms with van der Waals surface area (Å²) in [6.07, 6.45) is 7.44. The summed E-state index contributed by atoms with van der Waals surface area (Å²) in [5, 5.41) is 9.33. The van der Waals surface area contributed by atoms with Gasteiger partial charge in [-0.1, -0.05) is 39.3 Å². The third-order valence-electron chi connectivity index (χ3n) is 6.82. The van der Waals surface area contributed by atoms with Gasteiger partial charge in [-0.3, -0.25) is 4.79 Å². The highest BCUT2D eigenvalue weighted by Crippen LogP contribution is 2.62. The zero-order chi connectivity index (χ0) is 17.5. The molecule has 5 atom stereocenters. The molecule has 0 spiro atoms. The van der Waals surface area contributed by atoms with E-state index < -0.39 is 6.10 Å². The van der Waals surface area contributed by atoms with Crippen molar-refractivity contribution in [1.82, 2.24) is 0 Å². The van der Waals surface area contributed by atoms with Crippen LogP contribution in [0.3, 0.4) is 0 Å². The molecule has 1 N–H and O–H groups in total. The number of fused-ring (bicyclic) bond motifs is 1. The molecule has 0 bridgehead atoms. The second kappa shape index (κ2) is 6.40. The van der Waals surface area contributed by atoms with Crippen LogP contribution in [-0.4, -0.2) is 30.2 Å². The molecule has 1 heterocycles. The smallest absolute Gasteiger partial charge is 0.148 e. The van der Waals surface area contributed by atoms with Crippen molar-refractivity contribution in [1.29, 1.82) is 0 Å². The summed E-state index contributed by atoms with van der Waals surface area (Å²) >= 11 is 0. The van der Waals surface area contributed by atoms with Crippen LogP contribution in [0.1, 0.15) is 52.9 Å². The van der Waals surface area contributed by atoms with Crippen molar-refractivity contribution >= 4 is 6.29 Å². The second-order valence-corrected chi connectivity index (χ2v) is 8.69. The zero-order valence-electron chi connectivity index (χ0n) is 15.1. The molecule has 0 saturated heterocycles. The van der Waals surface area contributed by atoms with Gasteiger partial charge in [0.15, 0.2) is 0 Å². The lowest BCUT2D eigenvalue weighted by Gasteiger charge is -2.59. The van der Waals surface area contributed by atoms with E-state index in [1.807, 2.05) is 6.08 Å². The van der Waals surface area contributed by atoms with Crippen LogP contribution < -0.4 is 0 Å². The van der Waals surface area contributed by atoms with Gasteiger partial charge >= 0.3 is 0 Å². The van der Waals surface area contributed by atoms with E-state index in [1.54, 1.807) is 0 Å². The Morgan fingerprint density at radius 2 is 2.08 bits per heavy atom. The molecule has 0 radical (unpaired) electrons. The minimum atomic E-state index is -0.679. The molecule has 1 aliphatic heterocycles. The number of aldehydes is 1. The van der Waals surface area contributed by atoms with Gasteiger partial charge in [0.1, 0.15) is 18.5 Å². The largest absolute Gasteiger partial charge is 0.393 e. The Kier molecular flexibility index (Phi) is 4.75. The van der Waals surface area contributed by atoms with Crippen LogP contribution in [0.25, 0.3) is 0 Å². The Morgan fingerprint density at radius 1 is 1.33 bits per heavy atom. The molecule has 0 aromatic heterocycles. The normalized spacial score (nSPS) is 42.2. The maximum atomic E-state index is 11.4. The molecular formula is C20H30O4. The fraction of sp³-hybridized carbons (Fsp3) is 0.750. The average molecular weight is 334 g/mol. The molecule has 0 aromatic carbocycles. The average Bonchev–Trinajstić information content (AvgIpc) is 2.53. The van der Waals surface area contributed by atoms with E-state index in [0.29, 0.717) is 16.9 Å². The van der Waals surface area contributed by atoms with Crippen molar-refractivity contribution in [2.24, 2.45) is 22.7 Å². The summed E-state index contributed by atoms with van der Waals surface area (Å²) < 4.78 is 0. The quantitative estimate of drug-likeness (QED) is 0.487. The van der Waals surface area contributed by atoms with E-state index in [9.17, 15) is 9.90 Å². The van der Waals surface area contributed by atoms with E-state index >= 15 is 0 Å². The second-order valence-electron chi connectivity index (χ2n) is 8.69. The van der Waals surface area contributed by atoms with Crippen molar-refractivity contribution in [2.75, 3.05) is 6.61 Å². The summed E-state index contributed by atoms with van der Waals surface area (Å²) in [6, 6.07) is 0. The fourth-order valence-electron chi connectivity index (χ4n) is 5.73. The minimum Gasteiger partial charge on any atom is -0.393 e. The highest BCUT2D eigenvalue weighted by molar-refractivity contribution is 5.75. The van der Waals surface area contributed by atoms with E-state index in [2.05, 4.69) is 27.4 Å². The number of aliphatic hydroxyl groups excluding tert-OH is 1. The van der Waals surface area contributed by atoms with Crippen LogP contribution in [0.5, 0.6) is 0 Å². The molecule has 1 unspecified atom stereocenters. The van der Waals surface area contributed by atoms with Crippen molar-refractivity contribution in [3.8, 4) is 0 Å². The molecule has 0 amide bonds. The predicted octanol–water partition coefficient (Wildman–Crippen LogP) is 3.60. The highest BCUT2D eigenvalue weighted by Gasteiger charge is 2.55. The van der Waals surface area contributed by atoms with Crippen molar-refractivity contribution in [2.45, 2.75) is 65.1 Å². The van der Waals surface area contributed by atoms with E-state index in [-0.39, 0.29) is 24.0 Å². The van der Waals surface area contributed by atoms with E-state index in [4.69, 9.17) is 9.78 Å². The van der Waals surface area contributed by atoms with E-state index in [1.165, 1.54) is 24.8 Å². The van der Waals surface area contributed by atoms with Gasteiger partial charge in [0.25, 0.3) is 0 Å². The molecule has 4 nitrogen and oxygen atoms in total. The summed E-state index contributed by atoms with van der Waals surface area (Å²) in [6.45, 7) is 11.2. The Bertz CT molecular complexity index is 550. The van der Waals surface area contributed by atoms with Gasteiger partial charge in [-0.05, 0) is 48.5 Å². The third kappa shape index (κ3) is 2.79. The number of hydrogen-bond acceptors (Lipinski definition) is 4. The number of hydrogen-bond donors (Lipinski definition) is 1. The van der Waals surface area contributed by atoms with Crippen molar-refractivity contribution in [3.05, 3.63) is 23.8 Å². The third-order valence-corrected chi connectivity index (χ3v) is 6.82. The molecular weight excluding hydrogens is 304 g/mol. The maximum absolute atomic E-state index is 11.4. The Morgan fingerprint density at radius 3 is 2.75 bits per heavy atom. The molecule has 3 aliphatic rings. The molecule has 24 heavy (non-hydrogen) atoms. The summed E-state index contributed by atoms with van der Waals surface area (Å²) in [5.74, 6) is 0.756. The first kappa shape index (κ1) is 17.8. The fourth-order valence-corrected chi connectivity index (χ4v) is 5.73. The minimum absolute atomic E-state index is 0.0989. The molecule has 2 fully saturated rings. The Labute approximate surface area is 144 Å². The number of aliphatic hydroxyl groups is 1. The van der Waals surface area contributed by atoms with Crippen LogP contribution in [0.2, 0.25) is 0 Å². The van der Waals surface area contributed by atoms with Crippen LogP contribution in [-0.2, 0) is 14.6 Å². The molecule has 2 saturated carbocycles. The lowest BCUT2D eigenvalue weighted by molar-refractivity contribution is -0.358. The first-order valence-electron chi connectivity index (χ1n) is 9.11. The van der Waals surface area contributed by atoms with Crippen molar-refractivity contribution in [3.63, 3.8) is 0 Å².